The van der Waals surface area contributed by atoms with Crippen LogP contribution in [0.4, 0.5) is 9.59 Å². The van der Waals surface area contributed by atoms with Crippen LogP contribution >= 0.6 is 0 Å². The number of benzene rings is 1. The zero-order chi connectivity index (χ0) is 47.4. The normalized spacial score (nSPS) is 31.1. The summed E-state index contributed by atoms with van der Waals surface area (Å²) in [5.41, 5.74) is -7.68. The standard InChI is InChI=1S/C45H55NO18/c1-20(2)17-26(46-40(54)63-42(7,8)9)32(50)39(53)59-34-21(3)30-33(51)35(58-23(5)48)29-27(57-22(4)47)18-28-44(19-56-28,62-24(6)49)31(29)36(60-38(52)25-15-13-12-14-16-25)45(43(30,10)11)37(34)61-41(55)64-45/h12-16,20,26-28,31-32,34,36-37,50H,17-19H2,1-11H3,(H,46,54)/b35-29+/t26-,27-,28+,31+,32+,34+,36-,37?,44-,45?/m0/s1. The molecule has 1 aromatic rings. The smallest absolute Gasteiger partial charge is 0.458 e. The van der Waals surface area contributed by atoms with E-state index in [0.29, 0.717) is 0 Å². The molecule has 1 saturated carbocycles. The first-order chi connectivity index (χ1) is 29.7. The van der Waals surface area contributed by atoms with E-state index < -0.39 is 131 Å². The number of aliphatic hydroxyl groups is 1. The number of esters is 5. The van der Waals surface area contributed by atoms with Gasteiger partial charge < -0.3 is 53.1 Å². The van der Waals surface area contributed by atoms with Crippen LogP contribution in [0.1, 0.15) is 99.4 Å². The molecule has 64 heavy (non-hydrogen) atoms. The van der Waals surface area contributed by atoms with Crippen LogP contribution in [-0.2, 0) is 66.6 Å². The van der Waals surface area contributed by atoms with E-state index in [-0.39, 0.29) is 41.0 Å². The average Bonchev–Trinajstić information content (AvgIpc) is 3.53. The van der Waals surface area contributed by atoms with E-state index in [0.717, 1.165) is 20.8 Å². The summed E-state index contributed by atoms with van der Waals surface area (Å²) < 4.78 is 53.8. The van der Waals surface area contributed by atoms with Crippen LogP contribution in [0, 0.1) is 17.3 Å². The fraction of sp³-hybridized carbons (Fsp3) is 0.600. The Labute approximate surface area is 369 Å². The van der Waals surface area contributed by atoms with Gasteiger partial charge in [0.15, 0.2) is 35.8 Å². The molecule has 2 aliphatic heterocycles. The summed E-state index contributed by atoms with van der Waals surface area (Å²) in [5.74, 6) is -8.62. The number of allylic oxidation sites excluding steroid dienone is 1. The molecule has 2 bridgehead atoms. The lowest BCUT2D eigenvalue weighted by Crippen LogP contribution is -2.78. The van der Waals surface area contributed by atoms with Gasteiger partial charge in [0.25, 0.3) is 0 Å². The molecular weight excluding hydrogens is 842 g/mol. The van der Waals surface area contributed by atoms with Gasteiger partial charge in [-0.1, -0.05) is 45.9 Å². The summed E-state index contributed by atoms with van der Waals surface area (Å²) >= 11 is 0. The monoisotopic (exact) mass is 897 g/mol. The molecule has 2 unspecified atom stereocenters. The van der Waals surface area contributed by atoms with Gasteiger partial charge in [-0.15, -0.1) is 0 Å². The van der Waals surface area contributed by atoms with Gasteiger partial charge in [0.05, 0.1) is 24.1 Å². The Hall–Kier alpha value is -5.82. The maximum absolute atomic E-state index is 15.5. The number of Topliss-reactive ketones (excluding diaryl/α,β-unsaturated/α-hetero) is 1. The van der Waals surface area contributed by atoms with E-state index >= 15 is 4.79 Å². The third-order valence-electron chi connectivity index (χ3n) is 12.1. The van der Waals surface area contributed by atoms with E-state index in [9.17, 15) is 38.7 Å². The Kier molecular flexibility index (Phi) is 12.9. The van der Waals surface area contributed by atoms with Gasteiger partial charge in [0.2, 0.25) is 11.4 Å². The Morgan fingerprint density at radius 3 is 2.14 bits per heavy atom. The third kappa shape index (κ3) is 8.46. The van der Waals surface area contributed by atoms with E-state index in [1.54, 1.807) is 52.8 Å². The minimum atomic E-state index is -2.43. The number of ether oxygens (including phenoxy) is 9. The molecule has 1 aromatic carbocycles. The van der Waals surface area contributed by atoms with Crippen LogP contribution in [0.15, 0.2) is 52.8 Å². The number of amides is 1. The van der Waals surface area contributed by atoms with Gasteiger partial charge in [-0.25, -0.2) is 19.2 Å². The first-order valence-electron chi connectivity index (χ1n) is 21.0. The highest BCUT2D eigenvalue weighted by molar-refractivity contribution is 6.11. The number of ketones is 1. The number of hydrogen-bond donors (Lipinski definition) is 2. The summed E-state index contributed by atoms with van der Waals surface area (Å²) in [6, 6.07) is 6.37. The Morgan fingerprint density at radius 2 is 1.59 bits per heavy atom. The molecule has 2 heterocycles. The first kappa shape index (κ1) is 47.7. The summed E-state index contributed by atoms with van der Waals surface area (Å²) in [6.07, 6.45) is -12.7. The molecule has 19 nitrogen and oxygen atoms in total. The zero-order valence-electron chi connectivity index (χ0n) is 37.6. The Morgan fingerprint density at radius 1 is 0.938 bits per heavy atom. The number of fused-ring (bicyclic) bond motifs is 4. The SMILES string of the molecule is CC(=O)O/C1=C2\[C@@H](OC(C)=O)C[C@H]3OC[C@@]3(OC(C)=O)[C@H]2[C@H](OC(=O)c2ccccc2)C23OC(=O)OC2[C@H](OC(=O)[C@H](O)[C@H](CC(C)C)NC(=O)OC(C)(C)C)C(C)=C(C1=O)C3(C)C. The second kappa shape index (κ2) is 17.3. The van der Waals surface area contributed by atoms with Crippen molar-refractivity contribution in [3.8, 4) is 0 Å². The highest BCUT2D eigenvalue weighted by Gasteiger charge is 2.80. The number of aliphatic hydroxyl groups excluding tert-OH is 1. The highest BCUT2D eigenvalue weighted by atomic mass is 16.8. The minimum absolute atomic E-state index is 0.000186. The summed E-state index contributed by atoms with van der Waals surface area (Å²) in [6.45, 7) is 15.6. The van der Waals surface area contributed by atoms with Crippen LogP contribution < -0.4 is 5.32 Å². The second-order valence-electron chi connectivity index (χ2n) is 18.6. The van der Waals surface area contributed by atoms with Crippen molar-refractivity contribution in [2.24, 2.45) is 17.3 Å². The molecule has 10 atom stereocenters. The largest absolute Gasteiger partial charge is 0.509 e. The van der Waals surface area contributed by atoms with Crippen molar-refractivity contribution in [3.63, 3.8) is 0 Å². The lowest BCUT2D eigenvalue weighted by molar-refractivity contribution is -0.309. The fourth-order valence-electron chi connectivity index (χ4n) is 9.83. The van der Waals surface area contributed by atoms with Crippen LogP contribution in [0.2, 0.25) is 0 Å². The molecule has 19 heteroatoms. The van der Waals surface area contributed by atoms with Crippen molar-refractivity contribution >= 4 is 47.9 Å². The van der Waals surface area contributed by atoms with E-state index in [2.05, 4.69) is 5.32 Å². The fourth-order valence-corrected chi connectivity index (χ4v) is 9.83. The summed E-state index contributed by atoms with van der Waals surface area (Å²) in [4.78, 5) is 110. The third-order valence-corrected chi connectivity index (χ3v) is 12.1. The summed E-state index contributed by atoms with van der Waals surface area (Å²) in [7, 11) is 0. The number of alkyl carbamates (subject to hydrolysis) is 1. The predicted octanol–water partition coefficient (Wildman–Crippen LogP) is 4.11. The number of rotatable bonds is 11. The van der Waals surface area contributed by atoms with Gasteiger partial charge in [-0.2, -0.15) is 0 Å². The van der Waals surface area contributed by atoms with Crippen LogP contribution in [0.25, 0.3) is 0 Å². The first-order valence-corrected chi connectivity index (χ1v) is 21.0. The highest BCUT2D eigenvalue weighted by Crippen LogP contribution is 2.64. The molecule has 5 aliphatic rings. The van der Waals surface area contributed by atoms with Crippen molar-refractivity contribution in [1.82, 2.24) is 5.32 Å². The summed E-state index contributed by atoms with van der Waals surface area (Å²) in [5, 5.41) is 14.1. The maximum atomic E-state index is 15.5. The molecule has 3 fully saturated rings. The molecule has 348 valence electrons. The van der Waals surface area contributed by atoms with Crippen molar-refractivity contribution in [1.29, 1.82) is 0 Å². The molecule has 1 amide bonds. The Bertz CT molecular complexity index is 2190. The van der Waals surface area contributed by atoms with E-state index in [1.807, 2.05) is 0 Å². The number of hydrogen-bond acceptors (Lipinski definition) is 18. The van der Waals surface area contributed by atoms with Crippen molar-refractivity contribution in [2.75, 3.05) is 6.61 Å². The lowest BCUT2D eigenvalue weighted by atomic mass is 9.50. The van der Waals surface area contributed by atoms with Crippen molar-refractivity contribution in [2.45, 2.75) is 148 Å². The zero-order valence-corrected chi connectivity index (χ0v) is 37.6. The van der Waals surface area contributed by atoms with Gasteiger partial charge in [-0.3, -0.25) is 19.2 Å². The molecule has 0 radical (unpaired) electrons. The van der Waals surface area contributed by atoms with E-state index in [4.69, 9.17) is 42.6 Å². The molecular formula is C45H55NO18. The van der Waals surface area contributed by atoms with Crippen molar-refractivity contribution < 1.29 is 86.1 Å². The predicted molar refractivity (Wildman–Crippen MR) is 216 cm³/mol. The lowest BCUT2D eigenvalue weighted by Gasteiger charge is -2.62. The molecule has 0 aromatic heterocycles. The van der Waals surface area contributed by atoms with Crippen molar-refractivity contribution in [3.05, 3.63) is 58.4 Å². The maximum Gasteiger partial charge on any atom is 0.509 e. The molecule has 2 N–H and O–H groups in total. The van der Waals surface area contributed by atoms with Gasteiger partial charge in [0, 0.05) is 43.8 Å². The number of nitrogens with one attached hydrogen (secondary N) is 1. The van der Waals surface area contributed by atoms with Crippen LogP contribution in [-0.4, -0.2) is 119 Å². The molecule has 3 aliphatic carbocycles. The topological polar surface area (TPSA) is 252 Å². The van der Waals surface area contributed by atoms with Gasteiger partial charge >= 0.3 is 42.1 Å². The molecule has 2 saturated heterocycles. The van der Waals surface area contributed by atoms with Gasteiger partial charge in [0.1, 0.15) is 17.8 Å². The Balaban J connectivity index is 1.64. The van der Waals surface area contributed by atoms with Gasteiger partial charge in [-0.05, 0) is 57.7 Å². The molecule has 6 rings (SSSR count). The minimum Gasteiger partial charge on any atom is -0.458 e. The van der Waals surface area contributed by atoms with Crippen LogP contribution in [0.5, 0.6) is 0 Å². The number of carbonyl (C=O) groups is 8. The quantitative estimate of drug-likeness (QED) is 0.234. The van der Waals surface area contributed by atoms with E-state index in [1.165, 1.54) is 32.9 Å². The number of carbonyl (C=O) groups excluding carboxylic acids is 8. The van der Waals surface area contributed by atoms with Crippen LogP contribution in [0.3, 0.4) is 0 Å². The average molecular weight is 898 g/mol. The molecule has 1 spiro atoms. The second-order valence-corrected chi connectivity index (χ2v) is 18.6.